The molecule has 0 saturated carbocycles. The molecule has 0 bridgehead atoms. The summed E-state index contributed by atoms with van der Waals surface area (Å²) in [5, 5.41) is 4.28. The first kappa shape index (κ1) is 10.4. The van der Waals surface area contributed by atoms with Crippen LogP contribution in [0, 0.1) is 3.70 Å². The van der Waals surface area contributed by atoms with Gasteiger partial charge in [0.25, 0.3) is 0 Å². The quantitative estimate of drug-likeness (QED) is 0.631. The molecule has 1 heterocycles. The molecular weight excluding hydrogens is 303 g/mol. The van der Waals surface area contributed by atoms with Crippen molar-refractivity contribution in [3.05, 3.63) is 45.8 Å². The van der Waals surface area contributed by atoms with Crippen LogP contribution >= 0.6 is 22.6 Å². The van der Waals surface area contributed by atoms with E-state index in [1.54, 1.807) is 17.8 Å². The summed E-state index contributed by atoms with van der Waals surface area (Å²) in [6, 6.07) is 9.73. The van der Waals surface area contributed by atoms with Crippen LogP contribution in [0.5, 0.6) is 0 Å². The van der Waals surface area contributed by atoms with Crippen LogP contribution in [0.2, 0.25) is 0 Å². The van der Waals surface area contributed by atoms with Crippen molar-refractivity contribution in [2.24, 2.45) is 0 Å². The highest BCUT2D eigenvalue weighted by molar-refractivity contribution is 14.1. The van der Waals surface area contributed by atoms with Crippen molar-refractivity contribution in [3.63, 3.8) is 0 Å². The van der Waals surface area contributed by atoms with Gasteiger partial charge in [-0.25, -0.2) is 4.68 Å². The van der Waals surface area contributed by atoms with Gasteiger partial charge in [-0.15, -0.1) is 0 Å². The molecule has 3 nitrogen and oxygen atoms in total. The van der Waals surface area contributed by atoms with E-state index in [1.807, 2.05) is 30.3 Å². The maximum atomic E-state index is 11.3. The Hall–Kier alpha value is -1.17. The molecule has 2 aromatic rings. The molecule has 0 aliphatic carbocycles. The third-order valence-corrected chi connectivity index (χ3v) is 2.87. The largest absolute Gasteiger partial charge is 0.294 e. The molecule has 0 unspecified atom stereocenters. The number of benzene rings is 1. The molecule has 0 atom stereocenters. The zero-order valence-corrected chi connectivity index (χ0v) is 10.3. The first-order valence-corrected chi connectivity index (χ1v) is 5.58. The first-order chi connectivity index (χ1) is 7.18. The van der Waals surface area contributed by atoms with E-state index in [9.17, 15) is 4.79 Å². The number of ketones is 1. The van der Waals surface area contributed by atoms with E-state index in [4.69, 9.17) is 0 Å². The minimum atomic E-state index is 0.0431. The monoisotopic (exact) mass is 312 g/mol. The van der Waals surface area contributed by atoms with Crippen molar-refractivity contribution in [1.29, 1.82) is 0 Å². The van der Waals surface area contributed by atoms with Gasteiger partial charge < -0.3 is 0 Å². The number of Topliss-reactive ketones (excluding diaryl/α,β-unsaturated/α-hetero) is 1. The predicted octanol–water partition coefficient (Wildman–Crippen LogP) is 2.68. The molecule has 0 N–H and O–H groups in total. The normalized spacial score (nSPS) is 10.3. The van der Waals surface area contributed by atoms with E-state index in [0.717, 1.165) is 9.39 Å². The Bertz CT molecular complexity index is 491. The van der Waals surface area contributed by atoms with Gasteiger partial charge in [-0.3, -0.25) is 4.79 Å². The molecule has 76 valence electrons. The average Bonchev–Trinajstić information content (AvgIpc) is 2.62. The lowest BCUT2D eigenvalue weighted by molar-refractivity contribution is 0.101. The summed E-state index contributed by atoms with van der Waals surface area (Å²) in [6.07, 6.45) is 1.76. The summed E-state index contributed by atoms with van der Waals surface area (Å²) >= 11 is 2.07. The minimum absolute atomic E-state index is 0.0431. The van der Waals surface area contributed by atoms with E-state index >= 15 is 0 Å². The predicted molar refractivity (Wildman–Crippen MR) is 66.3 cm³/mol. The van der Waals surface area contributed by atoms with Gasteiger partial charge in [0.2, 0.25) is 0 Å². The van der Waals surface area contributed by atoms with Gasteiger partial charge in [0.1, 0.15) is 3.70 Å². The second-order valence-corrected chi connectivity index (χ2v) is 4.19. The van der Waals surface area contributed by atoms with Gasteiger partial charge in [0.05, 0.1) is 11.3 Å². The van der Waals surface area contributed by atoms with Crippen molar-refractivity contribution >= 4 is 28.4 Å². The van der Waals surface area contributed by atoms with Crippen molar-refractivity contribution in [1.82, 2.24) is 9.78 Å². The number of hydrogen-bond donors (Lipinski definition) is 0. The zero-order valence-electron chi connectivity index (χ0n) is 8.14. The molecule has 0 spiro atoms. The smallest absolute Gasteiger partial charge is 0.164 e. The maximum Gasteiger partial charge on any atom is 0.164 e. The number of nitrogens with zero attached hydrogens (tertiary/aromatic N) is 2. The molecule has 0 radical (unpaired) electrons. The van der Waals surface area contributed by atoms with Crippen LogP contribution < -0.4 is 0 Å². The molecule has 15 heavy (non-hydrogen) atoms. The van der Waals surface area contributed by atoms with Crippen molar-refractivity contribution < 1.29 is 4.79 Å². The Balaban J connectivity index is 2.48. The topological polar surface area (TPSA) is 34.9 Å². The standard InChI is InChI=1S/C11H9IN2O/c1-8(15)10-7-14(13-11(10)12)9-5-3-2-4-6-9/h2-7H,1H3. The number of hydrogen-bond acceptors (Lipinski definition) is 2. The minimum Gasteiger partial charge on any atom is -0.294 e. The van der Waals surface area contributed by atoms with Crippen LogP contribution in [0.15, 0.2) is 36.5 Å². The number of rotatable bonds is 2. The van der Waals surface area contributed by atoms with Crippen LogP contribution in [-0.4, -0.2) is 15.6 Å². The molecule has 0 aliphatic rings. The van der Waals surface area contributed by atoms with Crippen LogP contribution in [0.1, 0.15) is 17.3 Å². The molecule has 0 aliphatic heterocycles. The van der Waals surface area contributed by atoms with Crippen molar-refractivity contribution in [2.75, 3.05) is 0 Å². The Morgan fingerprint density at radius 1 is 1.33 bits per heavy atom. The van der Waals surface area contributed by atoms with Gasteiger partial charge in [0, 0.05) is 6.20 Å². The van der Waals surface area contributed by atoms with Gasteiger partial charge >= 0.3 is 0 Å². The Morgan fingerprint density at radius 2 is 2.00 bits per heavy atom. The number of carbonyl (C=O) groups excluding carboxylic acids is 1. The lowest BCUT2D eigenvalue weighted by Gasteiger charge is -1.98. The molecule has 0 amide bonds. The van der Waals surface area contributed by atoms with Crippen molar-refractivity contribution in [3.8, 4) is 5.69 Å². The van der Waals surface area contributed by atoms with Crippen LogP contribution in [0.3, 0.4) is 0 Å². The number of carbonyl (C=O) groups is 1. The number of halogens is 1. The van der Waals surface area contributed by atoms with E-state index in [2.05, 4.69) is 27.7 Å². The molecule has 1 aromatic heterocycles. The second-order valence-electron chi connectivity index (χ2n) is 3.17. The molecule has 2 rings (SSSR count). The third-order valence-electron chi connectivity index (χ3n) is 2.07. The average molecular weight is 312 g/mol. The highest BCUT2D eigenvalue weighted by atomic mass is 127. The first-order valence-electron chi connectivity index (χ1n) is 4.50. The summed E-state index contributed by atoms with van der Waals surface area (Å²) in [5.74, 6) is 0.0431. The van der Waals surface area contributed by atoms with Crippen LogP contribution in [0.4, 0.5) is 0 Å². The molecule has 0 fully saturated rings. The second kappa shape index (κ2) is 4.14. The van der Waals surface area contributed by atoms with Crippen LogP contribution in [-0.2, 0) is 0 Å². The highest BCUT2D eigenvalue weighted by Crippen LogP contribution is 2.14. The zero-order chi connectivity index (χ0) is 10.8. The number of aromatic nitrogens is 2. The maximum absolute atomic E-state index is 11.3. The molecule has 4 heteroatoms. The van der Waals surface area contributed by atoms with E-state index < -0.39 is 0 Å². The third kappa shape index (κ3) is 2.09. The lowest BCUT2D eigenvalue weighted by Crippen LogP contribution is -1.93. The fraction of sp³-hybridized carbons (Fsp3) is 0.0909. The molecular formula is C11H9IN2O. The summed E-state index contributed by atoms with van der Waals surface area (Å²) in [4.78, 5) is 11.3. The summed E-state index contributed by atoms with van der Waals surface area (Å²) in [5.41, 5.74) is 1.63. The summed E-state index contributed by atoms with van der Waals surface area (Å²) in [7, 11) is 0. The Kier molecular flexibility index (Phi) is 2.86. The summed E-state index contributed by atoms with van der Waals surface area (Å²) in [6.45, 7) is 1.55. The van der Waals surface area contributed by atoms with Gasteiger partial charge in [0.15, 0.2) is 5.78 Å². The van der Waals surface area contributed by atoms with Gasteiger partial charge in [-0.1, -0.05) is 18.2 Å². The molecule has 1 aromatic carbocycles. The SMILES string of the molecule is CC(=O)c1cn(-c2ccccc2)nc1I. The van der Waals surface area contributed by atoms with Crippen molar-refractivity contribution in [2.45, 2.75) is 6.92 Å². The Labute approximate surface area is 101 Å². The van der Waals surface area contributed by atoms with Gasteiger partial charge in [-0.2, -0.15) is 5.10 Å². The fourth-order valence-corrected chi connectivity index (χ4v) is 2.05. The van der Waals surface area contributed by atoms with Crippen LogP contribution in [0.25, 0.3) is 5.69 Å². The highest BCUT2D eigenvalue weighted by Gasteiger charge is 2.10. The van der Waals surface area contributed by atoms with E-state index in [0.29, 0.717) is 5.56 Å². The lowest BCUT2D eigenvalue weighted by atomic mass is 10.2. The fourth-order valence-electron chi connectivity index (χ4n) is 1.30. The summed E-state index contributed by atoms with van der Waals surface area (Å²) < 4.78 is 2.46. The Morgan fingerprint density at radius 3 is 2.53 bits per heavy atom. The van der Waals surface area contributed by atoms with E-state index in [-0.39, 0.29) is 5.78 Å². The van der Waals surface area contributed by atoms with E-state index in [1.165, 1.54) is 0 Å². The molecule has 0 saturated heterocycles. The number of para-hydroxylation sites is 1. The van der Waals surface area contributed by atoms with Gasteiger partial charge in [-0.05, 0) is 41.6 Å².